The van der Waals surface area contributed by atoms with E-state index < -0.39 is 0 Å². The molecule has 0 fully saturated rings. The Labute approximate surface area is 165 Å². The van der Waals surface area contributed by atoms with E-state index in [4.69, 9.17) is 4.74 Å². The third-order valence-corrected chi connectivity index (χ3v) is 5.39. The fourth-order valence-corrected chi connectivity index (χ4v) is 3.87. The van der Waals surface area contributed by atoms with E-state index >= 15 is 0 Å². The van der Waals surface area contributed by atoms with Crippen LogP contribution in [0.1, 0.15) is 0 Å². The molecule has 0 saturated carbocycles. The molecule has 138 valence electrons. The summed E-state index contributed by atoms with van der Waals surface area (Å²) in [7, 11) is 1.70. The fourth-order valence-electron chi connectivity index (χ4n) is 3.39. The Bertz CT molecular complexity index is 1110. The van der Waals surface area contributed by atoms with Crippen molar-refractivity contribution >= 4 is 49.3 Å². The number of anilines is 1. The molecule has 0 bridgehead atoms. The lowest BCUT2D eigenvalue weighted by molar-refractivity contribution is -0.116. The first-order valence-electron chi connectivity index (χ1n) is 8.77. The van der Waals surface area contributed by atoms with Gasteiger partial charge in [-0.05, 0) is 36.4 Å². The van der Waals surface area contributed by atoms with E-state index in [0.717, 1.165) is 38.5 Å². The zero-order valence-corrected chi connectivity index (χ0v) is 16.6. The Morgan fingerprint density at radius 3 is 2.52 bits per heavy atom. The van der Waals surface area contributed by atoms with Crippen LogP contribution in [-0.2, 0) is 22.6 Å². The molecule has 1 N–H and O–H groups in total. The van der Waals surface area contributed by atoms with Crippen molar-refractivity contribution in [3.05, 3.63) is 65.4 Å². The Balaban J connectivity index is 1.56. The molecule has 6 heteroatoms. The van der Waals surface area contributed by atoms with Gasteiger partial charge in [0.15, 0.2) is 0 Å². The van der Waals surface area contributed by atoms with E-state index in [-0.39, 0.29) is 12.5 Å². The average molecular weight is 426 g/mol. The zero-order valence-electron chi connectivity index (χ0n) is 15.0. The summed E-state index contributed by atoms with van der Waals surface area (Å²) in [6.07, 6.45) is 3.97. The van der Waals surface area contributed by atoms with E-state index in [9.17, 15) is 4.79 Å². The first kappa shape index (κ1) is 17.8. The average Bonchev–Trinajstić information content (AvgIpc) is 3.26. The van der Waals surface area contributed by atoms with Crippen LogP contribution in [0.3, 0.4) is 0 Å². The number of benzene rings is 2. The molecule has 0 atom stereocenters. The fraction of sp³-hybridized carbons (Fsp3) is 0.190. The molecule has 0 aliphatic heterocycles. The molecule has 1 amide bonds. The van der Waals surface area contributed by atoms with Gasteiger partial charge in [0.1, 0.15) is 6.54 Å². The van der Waals surface area contributed by atoms with Gasteiger partial charge in [-0.2, -0.15) is 0 Å². The number of hydrogen-bond donors (Lipinski definition) is 1. The number of hydrogen-bond acceptors (Lipinski definition) is 2. The van der Waals surface area contributed by atoms with E-state index in [1.165, 1.54) is 0 Å². The van der Waals surface area contributed by atoms with Gasteiger partial charge in [-0.3, -0.25) is 4.79 Å². The lowest BCUT2D eigenvalue weighted by Gasteiger charge is -2.10. The molecule has 2 heterocycles. The molecule has 4 aromatic rings. The number of halogens is 1. The molecule has 0 spiro atoms. The molecule has 27 heavy (non-hydrogen) atoms. The second-order valence-electron chi connectivity index (χ2n) is 6.40. The van der Waals surface area contributed by atoms with Crippen LogP contribution in [0.2, 0.25) is 0 Å². The molecule has 0 aliphatic rings. The summed E-state index contributed by atoms with van der Waals surface area (Å²) < 4.78 is 10.3. The van der Waals surface area contributed by atoms with Crippen LogP contribution in [0.25, 0.3) is 21.8 Å². The number of carbonyl (C=O) groups is 1. The Morgan fingerprint density at radius 2 is 1.70 bits per heavy atom. The summed E-state index contributed by atoms with van der Waals surface area (Å²) in [6.45, 7) is 1.69. The molecule has 5 nitrogen and oxygen atoms in total. The molecule has 0 radical (unpaired) electrons. The van der Waals surface area contributed by atoms with Crippen LogP contribution in [0.4, 0.5) is 5.69 Å². The molecule has 2 aromatic carbocycles. The largest absolute Gasteiger partial charge is 0.383 e. The Hall–Kier alpha value is -2.57. The van der Waals surface area contributed by atoms with Crippen molar-refractivity contribution in [2.75, 3.05) is 19.0 Å². The Morgan fingerprint density at radius 1 is 1.00 bits per heavy atom. The maximum absolute atomic E-state index is 12.7. The molecule has 0 unspecified atom stereocenters. The summed E-state index contributed by atoms with van der Waals surface area (Å²) in [5.74, 6) is -0.0513. The highest BCUT2D eigenvalue weighted by atomic mass is 79.9. The monoisotopic (exact) mass is 425 g/mol. The molecule has 2 aromatic heterocycles. The van der Waals surface area contributed by atoms with Crippen LogP contribution in [0, 0.1) is 0 Å². The molecule has 0 saturated heterocycles. The predicted molar refractivity (Wildman–Crippen MR) is 112 cm³/mol. The maximum atomic E-state index is 12.7. The van der Waals surface area contributed by atoms with Gasteiger partial charge in [-0.15, -0.1) is 0 Å². The van der Waals surface area contributed by atoms with Gasteiger partial charge in [0, 0.05) is 46.8 Å². The summed E-state index contributed by atoms with van der Waals surface area (Å²) >= 11 is 3.55. The van der Waals surface area contributed by atoms with E-state index in [1.807, 2.05) is 59.4 Å². The van der Waals surface area contributed by atoms with Crippen molar-refractivity contribution in [3.63, 3.8) is 0 Å². The van der Waals surface area contributed by atoms with Crippen LogP contribution >= 0.6 is 15.9 Å². The van der Waals surface area contributed by atoms with Crippen LogP contribution in [-0.4, -0.2) is 28.8 Å². The van der Waals surface area contributed by atoms with Crippen molar-refractivity contribution < 1.29 is 9.53 Å². The first-order valence-corrected chi connectivity index (χ1v) is 9.56. The Kier molecular flexibility index (Phi) is 5.01. The summed E-state index contributed by atoms with van der Waals surface area (Å²) in [4.78, 5) is 12.7. The van der Waals surface area contributed by atoms with Gasteiger partial charge in [0.2, 0.25) is 5.91 Å². The zero-order chi connectivity index (χ0) is 18.8. The summed E-state index contributed by atoms with van der Waals surface area (Å²) in [5, 5.41) is 5.19. The van der Waals surface area contributed by atoms with Gasteiger partial charge in [0.25, 0.3) is 0 Å². The highest BCUT2D eigenvalue weighted by Crippen LogP contribution is 2.26. The highest BCUT2D eigenvalue weighted by Gasteiger charge is 2.11. The maximum Gasteiger partial charge on any atom is 0.244 e. The lowest BCUT2D eigenvalue weighted by Crippen LogP contribution is -2.18. The predicted octanol–water partition coefficient (Wildman–Crippen LogP) is 4.64. The van der Waals surface area contributed by atoms with E-state index in [2.05, 4.69) is 31.9 Å². The normalized spacial score (nSPS) is 11.3. The minimum atomic E-state index is -0.0513. The number of aromatic nitrogens is 2. The molecule has 0 aliphatic carbocycles. The third kappa shape index (κ3) is 3.50. The van der Waals surface area contributed by atoms with E-state index in [0.29, 0.717) is 6.61 Å². The van der Waals surface area contributed by atoms with Crippen molar-refractivity contribution in [2.45, 2.75) is 13.1 Å². The number of rotatable bonds is 6. The number of amides is 1. The van der Waals surface area contributed by atoms with Gasteiger partial charge >= 0.3 is 0 Å². The highest BCUT2D eigenvalue weighted by molar-refractivity contribution is 9.10. The minimum absolute atomic E-state index is 0.0513. The second kappa shape index (κ2) is 7.58. The smallest absolute Gasteiger partial charge is 0.244 e. The quantitative estimate of drug-likeness (QED) is 0.488. The van der Waals surface area contributed by atoms with Gasteiger partial charge in [0.05, 0.1) is 17.8 Å². The van der Waals surface area contributed by atoms with Crippen LogP contribution < -0.4 is 5.32 Å². The van der Waals surface area contributed by atoms with Crippen molar-refractivity contribution in [1.82, 2.24) is 9.13 Å². The third-order valence-electron chi connectivity index (χ3n) is 4.70. The van der Waals surface area contributed by atoms with E-state index in [1.54, 1.807) is 7.11 Å². The van der Waals surface area contributed by atoms with Gasteiger partial charge in [-0.25, -0.2) is 0 Å². The SMILES string of the molecule is COCCn1ccc2c(NC(=O)Cn3ccc4c(Br)cccc43)cccc21. The summed E-state index contributed by atoms with van der Waals surface area (Å²) in [5.41, 5.74) is 2.94. The van der Waals surface area contributed by atoms with Gasteiger partial charge < -0.3 is 19.2 Å². The minimum Gasteiger partial charge on any atom is -0.383 e. The number of carbonyl (C=O) groups excluding carboxylic acids is 1. The molecular formula is C21H20BrN3O2. The topological polar surface area (TPSA) is 48.2 Å². The number of nitrogens with zero attached hydrogens (tertiary/aromatic N) is 2. The number of methoxy groups -OCH3 is 1. The van der Waals surface area contributed by atoms with Gasteiger partial charge in [-0.1, -0.05) is 28.1 Å². The summed E-state index contributed by atoms with van der Waals surface area (Å²) in [6, 6.07) is 16.0. The van der Waals surface area contributed by atoms with Crippen LogP contribution in [0.15, 0.2) is 65.4 Å². The molecular weight excluding hydrogens is 406 g/mol. The number of fused-ring (bicyclic) bond motifs is 2. The second-order valence-corrected chi connectivity index (χ2v) is 7.26. The number of ether oxygens (including phenoxy) is 1. The van der Waals surface area contributed by atoms with Crippen LogP contribution in [0.5, 0.6) is 0 Å². The van der Waals surface area contributed by atoms with Crippen molar-refractivity contribution in [2.24, 2.45) is 0 Å². The van der Waals surface area contributed by atoms with Crippen molar-refractivity contribution in [1.29, 1.82) is 0 Å². The first-order chi connectivity index (χ1) is 13.2. The standard InChI is InChI=1S/C21H20BrN3O2/c1-27-13-12-24-10-9-16-18(5-3-7-20(16)24)23-21(26)14-25-11-8-15-17(22)4-2-6-19(15)25/h2-11H,12-14H2,1H3,(H,23,26). The number of nitrogens with one attached hydrogen (secondary N) is 1. The lowest BCUT2D eigenvalue weighted by atomic mass is 10.2. The van der Waals surface area contributed by atoms with Crippen molar-refractivity contribution in [3.8, 4) is 0 Å². The molecule has 4 rings (SSSR count).